The summed E-state index contributed by atoms with van der Waals surface area (Å²) in [7, 11) is 0. The van der Waals surface area contributed by atoms with E-state index in [1.165, 1.54) is 12.1 Å². The fourth-order valence-electron chi connectivity index (χ4n) is 1.17. The number of aliphatic hydroxyl groups excluding tert-OH is 2. The molecule has 8 heteroatoms. The van der Waals surface area contributed by atoms with E-state index in [2.05, 4.69) is 5.32 Å². The van der Waals surface area contributed by atoms with Crippen molar-refractivity contribution in [1.29, 1.82) is 0 Å². The van der Waals surface area contributed by atoms with Gasteiger partial charge in [0.05, 0.1) is 28.2 Å². The molecule has 0 aliphatic carbocycles. The van der Waals surface area contributed by atoms with E-state index in [-0.39, 0.29) is 22.8 Å². The van der Waals surface area contributed by atoms with Crippen molar-refractivity contribution in [2.75, 3.05) is 13.2 Å². The molecule has 18 heavy (non-hydrogen) atoms. The Morgan fingerprint density at radius 3 is 2.78 bits per heavy atom. The molecule has 1 rings (SSSR count). The summed E-state index contributed by atoms with van der Waals surface area (Å²) in [5, 5.41) is 30.6. The largest absolute Gasteiger partial charge is 0.394 e. The van der Waals surface area contributed by atoms with E-state index in [0.717, 1.165) is 6.07 Å². The van der Waals surface area contributed by atoms with E-state index in [9.17, 15) is 14.9 Å². The summed E-state index contributed by atoms with van der Waals surface area (Å²) in [6.45, 7) is -0.669. The maximum Gasteiger partial charge on any atom is 0.270 e. The monoisotopic (exact) mass is 274 g/mol. The molecule has 1 aromatic rings. The first-order chi connectivity index (χ1) is 8.45. The first-order valence-electron chi connectivity index (χ1n) is 4.96. The van der Waals surface area contributed by atoms with Crippen LogP contribution in [-0.2, 0) is 0 Å². The van der Waals surface area contributed by atoms with Crippen LogP contribution < -0.4 is 5.32 Å². The molecule has 0 spiro atoms. The third-order valence-corrected chi connectivity index (χ3v) is 2.44. The Morgan fingerprint density at radius 1 is 1.56 bits per heavy atom. The van der Waals surface area contributed by atoms with E-state index in [1.54, 1.807) is 0 Å². The minimum Gasteiger partial charge on any atom is -0.394 e. The van der Waals surface area contributed by atoms with Gasteiger partial charge in [-0.15, -0.1) is 0 Å². The maximum atomic E-state index is 11.6. The average molecular weight is 275 g/mol. The van der Waals surface area contributed by atoms with Gasteiger partial charge in [0.2, 0.25) is 0 Å². The normalized spacial score (nSPS) is 11.9. The number of carbonyl (C=O) groups excluding carboxylic acids is 1. The van der Waals surface area contributed by atoms with Gasteiger partial charge in [0.1, 0.15) is 0 Å². The molecule has 1 amide bonds. The first-order valence-corrected chi connectivity index (χ1v) is 5.34. The summed E-state index contributed by atoms with van der Waals surface area (Å²) in [6, 6.07) is 3.47. The number of carbonyl (C=O) groups is 1. The molecule has 1 aromatic carbocycles. The third kappa shape index (κ3) is 3.66. The molecular weight excluding hydrogens is 264 g/mol. The highest BCUT2D eigenvalue weighted by molar-refractivity contribution is 6.33. The van der Waals surface area contributed by atoms with Gasteiger partial charge in [0, 0.05) is 18.7 Å². The highest BCUT2D eigenvalue weighted by Gasteiger charge is 2.16. The summed E-state index contributed by atoms with van der Waals surface area (Å²) in [5.74, 6) is -0.656. The molecule has 0 heterocycles. The summed E-state index contributed by atoms with van der Waals surface area (Å²) in [5.41, 5.74) is -0.316. The first kappa shape index (κ1) is 14.4. The summed E-state index contributed by atoms with van der Waals surface area (Å²) in [6.07, 6.45) is -1.09. The van der Waals surface area contributed by atoms with Gasteiger partial charge in [-0.3, -0.25) is 14.9 Å². The SMILES string of the molecule is O=C(NCC(O)CO)c1cc([N+](=O)[O-])ccc1Cl. The quantitative estimate of drug-likeness (QED) is 0.529. The second-order valence-corrected chi connectivity index (χ2v) is 3.87. The molecule has 0 aromatic heterocycles. The van der Waals surface area contributed by atoms with Crippen LogP contribution in [0.25, 0.3) is 0 Å². The van der Waals surface area contributed by atoms with E-state index >= 15 is 0 Å². The van der Waals surface area contributed by atoms with Crippen LogP contribution >= 0.6 is 11.6 Å². The van der Waals surface area contributed by atoms with Crippen molar-refractivity contribution in [2.45, 2.75) is 6.10 Å². The zero-order valence-corrected chi connectivity index (χ0v) is 9.92. The van der Waals surface area contributed by atoms with Crippen molar-refractivity contribution in [3.8, 4) is 0 Å². The van der Waals surface area contributed by atoms with Crippen molar-refractivity contribution in [3.05, 3.63) is 38.9 Å². The van der Waals surface area contributed by atoms with Crippen LogP contribution in [0, 0.1) is 10.1 Å². The number of rotatable bonds is 5. The predicted molar refractivity (Wildman–Crippen MR) is 63.5 cm³/mol. The number of amides is 1. The van der Waals surface area contributed by atoms with E-state index in [4.69, 9.17) is 21.8 Å². The highest BCUT2D eigenvalue weighted by atomic mass is 35.5. The molecule has 0 bridgehead atoms. The van der Waals surface area contributed by atoms with Gasteiger partial charge in [0.15, 0.2) is 0 Å². The standard InChI is InChI=1S/C10H11ClN2O5/c11-9-2-1-6(13(17)18)3-8(9)10(16)12-4-7(15)5-14/h1-3,7,14-15H,4-5H2,(H,12,16). The molecule has 0 aliphatic rings. The van der Waals surface area contributed by atoms with Gasteiger partial charge < -0.3 is 15.5 Å². The van der Waals surface area contributed by atoms with Crippen LogP contribution in [0.2, 0.25) is 5.02 Å². The maximum absolute atomic E-state index is 11.6. The molecule has 0 fully saturated rings. The Bertz CT molecular complexity index is 466. The average Bonchev–Trinajstić information content (AvgIpc) is 2.35. The Hall–Kier alpha value is -1.70. The summed E-state index contributed by atoms with van der Waals surface area (Å²) >= 11 is 5.75. The molecule has 7 nitrogen and oxygen atoms in total. The van der Waals surface area contributed by atoms with Crippen LogP contribution in [0.1, 0.15) is 10.4 Å². The topological polar surface area (TPSA) is 113 Å². The number of nitrogens with zero attached hydrogens (tertiary/aromatic N) is 1. The molecule has 0 saturated carbocycles. The van der Waals surface area contributed by atoms with E-state index in [1.807, 2.05) is 0 Å². The van der Waals surface area contributed by atoms with Crippen LogP contribution in [0.15, 0.2) is 18.2 Å². The van der Waals surface area contributed by atoms with Crippen molar-refractivity contribution in [1.82, 2.24) is 5.32 Å². The lowest BCUT2D eigenvalue weighted by Crippen LogP contribution is -2.34. The van der Waals surface area contributed by atoms with Gasteiger partial charge in [-0.25, -0.2) is 0 Å². The Balaban J connectivity index is 2.84. The van der Waals surface area contributed by atoms with Crippen LogP contribution in [0.4, 0.5) is 5.69 Å². The lowest BCUT2D eigenvalue weighted by Gasteiger charge is -2.09. The number of nitro groups is 1. The lowest BCUT2D eigenvalue weighted by atomic mass is 10.2. The van der Waals surface area contributed by atoms with Crippen molar-refractivity contribution in [2.24, 2.45) is 0 Å². The zero-order chi connectivity index (χ0) is 13.7. The van der Waals surface area contributed by atoms with Crippen molar-refractivity contribution in [3.63, 3.8) is 0 Å². The van der Waals surface area contributed by atoms with Crippen LogP contribution in [-0.4, -0.2) is 40.3 Å². The summed E-state index contributed by atoms with van der Waals surface area (Å²) in [4.78, 5) is 21.6. The smallest absolute Gasteiger partial charge is 0.270 e. The number of hydrogen-bond acceptors (Lipinski definition) is 5. The van der Waals surface area contributed by atoms with Gasteiger partial charge in [-0.1, -0.05) is 11.6 Å². The second-order valence-electron chi connectivity index (χ2n) is 3.47. The molecule has 3 N–H and O–H groups in total. The van der Waals surface area contributed by atoms with Crippen molar-refractivity contribution < 1.29 is 19.9 Å². The molecule has 1 atom stereocenters. The number of non-ortho nitro benzene ring substituents is 1. The number of nitro benzene ring substituents is 1. The molecule has 98 valence electrons. The Morgan fingerprint density at radius 2 is 2.22 bits per heavy atom. The molecule has 0 radical (unpaired) electrons. The predicted octanol–water partition coefficient (Wildman–Crippen LogP) is 0.331. The van der Waals surface area contributed by atoms with E-state index < -0.39 is 23.5 Å². The Kier molecular flexibility index (Phi) is 5.02. The fraction of sp³-hybridized carbons (Fsp3) is 0.300. The van der Waals surface area contributed by atoms with Gasteiger partial charge in [0.25, 0.3) is 11.6 Å². The Labute approximate surface area is 107 Å². The number of aliphatic hydroxyl groups is 2. The third-order valence-electron chi connectivity index (χ3n) is 2.11. The van der Waals surface area contributed by atoms with Crippen molar-refractivity contribution >= 4 is 23.2 Å². The molecular formula is C10H11ClN2O5. The minimum absolute atomic E-state index is 0.0593. The van der Waals surface area contributed by atoms with Crippen LogP contribution in [0.5, 0.6) is 0 Å². The van der Waals surface area contributed by atoms with Gasteiger partial charge >= 0.3 is 0 Å². The van der Waals surface area contributed by atoms with Gasteiger partial charge in [-0.2, -0.15) is 0 Å². The lowest BCUT2D eigenvalue weighted by molar-refractivity contribution is -0.384. The van der Waals surface area contributed by atoms with Gasteiger partial charge in [-0.05, 0) is 6.07 Å². The molecule has 0 saturated heterocycles. The number of benzene rings is 1. The highest BCUT2D eigenvalue weighted by Crippen LogP contribution is 2.21. The molecule has 1 unspecified atom stereocenters. The number of nitrogens with one attached hydrogen (secondary N) is 1. The minimum atomic E-state index is -1.09. The van der Waals surface area contributed by atoms with Crippen LogP contribution in [0.3, 0.4) is 0 Å². The number of hydrogen-bond donors (Lipinski definition) is 3. The van der Waals surface area contributed by atoms with E-state index in [0.29, 0.717) is 0 Å². The molecule has 0 aliphatic heterocycles. The summed E-state index contributed by atoms with van der Waals surface area (Å²) < 4.78 is 0. The second kappa shape index (κ2) is 6.29. The fourth-order valence-corrected chi connectivity index (χ4v) is 1.37. The number of halogens is 1. The zero-order valence-electron chi connectivity index (χ0n) is 9.17.